The summed E-state index contributed by atoms with van der Waals surface area (Å²) >= 11 is 0. The first-order valence-electron chi connectivity index (χ1n) is 12.1. The first kappa shape index (κ1) is 19.9. The molecule has 0 N–H and O–H groups in total. The molecule has 0 bridgehead atoms. The molecule has 35 heavy (non-hydrogen) atoms. The topological polar surface area (TPSA) is 9.86 Å². The van der Waals surface area contributed by atoms with Gasteiger partial charge in [-0.2, -0.15) is 0 Å². The summed E-state index contributed by atoms with van der Waals surface area (Å²) in [6.07, 6.45) is 2.23. The molecule has 7 aromatic rings. The largest absolute Gasteiger partial charge is 0.343 e. The van der Waals surface area contributed by atoms with Crippen LogP contribution in [0.2, 0.25) is 0 Å². The van der Waals surface area contributed by atoms with E-state index in [4.69, 9.17) is 0 Å². The first-order chi connectivity index (χ1) is 17.4. The van der Waals surface area contributed by atoms with Crippen LogP contribution in [0.4, 0.5) is 0 Å². The van der Waals surface area contributed by atoms with Gasteiger partial charge in [-0.3, -0.25) is 0 Å². The predicted molar refractivity (Wildman–Crippen MR) is 147 cm³/mol. The van der Waals surface area contributed by atoms with Crippen molar-refractivity contribution in [2.45, 2.75) is 6.54 Å². The van der Waals surface area contributed by atoms with Crippen molar-refractivity contribution in [3.8, 4) is 16.8 Å². The lowest BCUT2D eigenvalue weighted by molar-refractivity contribution is 0.837. The van der Waals surface area contributed by atoms with Crippen molar-refractivity contribution in [3.05, 3.63) is 139 Å². The second-order valence-electron chi connectivity index (χ2n) is 9.06. The van der Waals surface area contributed by atoms with Crippen molar-refractivity contribution < 1.29 is 0 Å². The zero-order valence-electron chi connectivity index (χ0n) is 19.3. The minimum absolute atomic E-state index is 0.849. The van der Waals surface area contributed by atoms with E-state index < -0.39 is 0 Å². The highest BCUT2D eigenvalue weighted by molar-refractivity contribution is 6.20. The smallest absolute Gasteiger partial charge is 0.0627 e. The number of fused-ring (bicyclic) bond motifs is 4. The van der Waals surface area contributed by atoms with E-state index in [1.165, 1.54) is 55.1 Å². The molecule has 5 aromatic carbocycles. The molecule has 2 aromatic heterocycles. The zero-order chi connectivity index (χ0) is 23.2. The summed E-state index contributed by atoms with van der Waals surface area (Å²) in [5.41, 5.74) is 8.75. The number of nitrogens with zero attached hydrogens (tertiary/aromatic N) is 2. The third-order valence-electron chi connectivity index (χ3n) is 6.98. The van der Waals surface area contributed by atoms with Crippen LogP contribution in [0.5, 0.6) is 0 Å². The maximum atomic E-state index is 2.43. The van der Waals surface area contributed by atoms with Crippen LogP contribution in [0.1, 0.15) is 5.56 Å². The standard InChI is InChI=1S/C33H24N2/c1-4-12-24(13-5-1)23-34-21-20-28-31(34)22-29-27-18-10-11-19-30(27)35(26-16-8-3-9-17-26)33(29)32(28)25-14-6-2-7-15-25/h1-22H,23H2. The Bertz CT molecular complexity index is 1790. The van der Waals surface area contributed by atoms with E-state index in [9.17, 15) is 0 Å². The SMILES string of the molecule is c1ccc(Cn2ccc3c(-c4ccccc4)c4c(cc32)c2ccccc2n4-c2ccccc2)cc1. The Hall–Kier alpha value is -4.56. The van der Waals surface area contributed by atoms with Crippen molar-refractivity contribution in [1.82, 2.24) is 9.13 Å². The van der Waals surface area contributed by atoms with Crippen LogP contribution in [0, 0.1) is 0 Å². The van der Waals surface area contributed by atoms with Crippen LogP contribution in [0.15, 0.2) is 134 Å². The molecular formula is C33H24N2. The van der Waals surface area contributed by atoms with Gasteiger partial charge in [0.1, 0.15) is 0 Å². The van der Waals surface area contributed by atoms with Crippen molar-refractivity contribution in [3.63, 3.8) is 0 Å². The van der Waals surface area contributed by atoms with Crippen molar-refractivity contribution in [2.24, 2.45) is 0 Å². The van der Waals surface area contributed by atoms with Gasteiger partial charge in [0.2, 0.25) is 0 Å². The molecule has 0 aliphatic heterocycles. The number of para-hydroxylation sites is 2. The molecule has 0 saturated carbocycles. The molecule has 0 atom stereocenters. The molecule has 0 saturated heterocycles. The first-order valence-corrected chi connectivity index (χ1v) is 12.1. The molecule has 2 heterocycles. The second kappa shape index (κ2) is 8.03. The molecule has 0 fully saturated rings. The molecule has 2 heteroatoms. The number of benzene rings is 5. The number of hydrogen-bond donors (Lipinski definition) is 0. The highest BCUT2D eigenvalue weighted by atomic mass is 15.0. The van der Waals surface area contributed by atoms with Gasteiger partial charge >= 0.3 is 0 Å². The van der Waals surface area contributed by atoms with Crippen LogP contribution in [0.25, 0.3) is 49.5 Å². The van der Waals surface area contributed by atoms with E-state index in [0.717, 1.165) is 6.54 Å². The molecule has 0 aliphatic carbocycles. The Balaban J connectivity index is 1.64. The number of aromatic nitrogens is 2. The Morgan fingerprint density at radius 3 is 1.94 bits per heavy atom. The third-order valence-corrected chi connectivity index (χ3v) is 6.98. The van der Waals surface area contributed by atoms with Gasteiger partial charge < -0.3 is 9.13 Å². The molecule has 7 rings (SSSR count). The maximum absolute atomic E-state index is 2.43. The Morgan fingerprint density at radius 2 is 1.17 bits per heavy atom. The fraction of sp³-hybridized carbons (Fsp3) is 0.0303. The van der Waals surface area contributed by atoms with Gasteiger partial charge in [-0.05, 0) is 41.5 Å². The van der Waals surface area contributed by atoms with Crippen molar-refractivity contribution in [2.75, 3.05) is 0 Å². The summed E-state index contributed by atoms with van der Waals surface area (Å²) in [6.45, 7) is 0.849. The quantitative estimate of drug-likeness (QED) is 0.256. The summed E-state index contributed by atoms with van der Waals surface area (Å²) in [5.74, 6) is 0. The lowest BCUT2D eigenvalue weighted by Crippen LogP contribution is -1.99. The fourth-order valence-electron chi connectivity index (χ4n) is 5.44. The minimum Gasteiger partial charge on any atom is -0.343 e. The lowest BCUT2D eigenvalue weighted by Gasteiger charge is -2.14. The van der Waals surface area contributed by atoms with Gasteiger partial charge in [0.15, 0.2) is 0 Å². The summed E-state index contributed by atoms with van der Waals surface area (Å²) in [5, 5.41) is 3.83. The van der Waals surface area contributed by atoms with Crippen LogP contribution in [-0.4, -0.2) is 9.13 Å². The lowest BCUT2D eigenvalue weighted by atomic mass is 9.98. The summed E-state index contributed by atoms with van der Waals surface area (Å²) in [7, 11) is 0. The molecule has 2 nitrogen and oxygen atoms in total. The second-order valence-corrected chi connectivity index (χ2v) is 9.06. The number of hydrogen-bond acceptors (Lipinski definition) is 0. The van der Waals surface area contributed by atoms with Crippen LogP contribution in [0.3, 0.4) is 0 Å². The van der Waals surface area contributed by atoms with Gasteiger partial charge in [0.25, 0.3) is 0 Å². The van der Waals surface area contributed by atoms with Gasteiger partial charge in [0.05, 0.1) is 11.0 Å². The van der Waals surface area contributed by atoms with Gasteiger partial charge in [-0.15, -0.1) is 0 Å². The Morgan fingerprint density at radius 1 is 0.514 bits per heavy atom. The summed E-state index contributed by atoms with van der Waals surface area (Å²) < 4.78 is 4.81. The van der Waals surface area contributed by atoms with Crippen molar-refractivity contribution >= 4 is 32.7 Å². The van der Waals surface area contributed by atoms with Crippen LogP contribution in [-0.2, 0) is 6.54 Å². The molecule has 0 spiro atoms. The monoisotopic (exact) mass is 448 g/mol. The Labute approximate surface area is 204 Å². The highest BCUT2D eigenvalue weighted by Crippen LogP contribution is 2.42. The van der Waals surface area contributed by atoms with E-state index in [1.807, 2.05) is 0 Å². The summed E-state index contributed by atoms with van der Waals surface area (Å²) in [6, 6.07) is 45.7. The Kier molecular flexibility index (Phi) is 4.56. The molecule has 0 radical (unpaired) electrons. The third kappa shape index (κ3) is 3.18. The van der Waals surface area contributed by atoms with Crippen LogP contribution >= 0.6 is 0 Å². The predicted octanol–water partition coefficient (Wildman–Crippen LogP) is 8.45. The van der Waals surface area contributed by atoms with Crippen LogP contribution < -0.4 is 0 Å². The van der Waals surface area contributed by atoms with Gasteiger partial charge in [-0.25, -0.2) is 0 Å². The highest BCUT2D eigenvalue weighted by Gasteiger charge is 2.20. The molecule has 166 valence electrons. The average molecular weight is 449 g/mol. The molecule has 0 unspecified atom stereocenters. The molecular weight excluding hydrogens is 424 g/mol. The average Bonchev–Trinajstić information content (AvgIpc) is 3.48. The molecule has 0 amide bonds. The van der Waals surface area contributed by atoms with E-state index in [2.05, 4.69) is 143 Å². The fourth-order valence-corrected chi connectivity index (χ4v) is 5.44. The zero-order valence-corrected chi connectivity index (χ0v) is 19.3. The summed E-state index contributed by atoms with van der Waals surface area (Å²) in [4.78, 5) is 0. The molecule has 0 aliphatic rings. The number of rotatable bonds is 4. The van der Waals surface area contributed by atoms with E-state index in [1.54, 1.807) is 0 Å². The van der Waals surface area contributed by atoms with Gasteiger partial charge in [0, 0.05) is 45.7 Å². The minimum atomic E-state index is 0.849. The van der Waals surface area contributed by atoms with E-state index in [-0.39, 0.29) is 0 Å². The normalized spacial score (nSPS) is 11.5. The maximum Gasteiger partial charge on any atom is 0.0627 e. The van der Waals surface area contributed by atoms with E-state index in [0.29, 0.717) is 0 Å². The van der Waals surface area contributed by atoms with Gasteiger partial charge in [-0.1, -0.05) is 97.1 Å². The van der Waals surface area contributed by atoms with Crippen molar-refractivity contribution in [1.29, 1.82) is 0 Å². The van der Waals surface area contributed by atoms with E-state index >= 15 is 0 Å².